The summed E-state index contributed by atoms with van der Waals surface area (Å²) in [6, 6.07) is 14.1. The third-order valence-corrected chi connectivity index (χ3v) is 6.25. The molecule has 0 spiro atoms. The number of quaternary nitrogens is 1. The van der Waals surface area contributed by atoms with E-state index in [-0.39, 0.29) is 11.7 Å². The number of likely N-dealkylation sites (tertiary alicyclic amines) is 1. The Hall–Kier alpha value is -2.58. The van der Waals surface area contributed by atoms with E-state index in [1.807, 2.05) is 18.2 Å². The van der Waals surface area contributed by atoms with Crippen molar-refractivity contribution in [1.29, 1.82) is 0 Å². The third kappa shape index (κ3) is 5.07. The van der Waals surface area contributed by atoms with Crippen molar-refractivity contribution in [3.8, 4) is 5.75 Å². The minimum Gasteiger partial charge on any atom is -0.435 e. The van der Waals surface area contributed by atoms with E-state index in [4.69, 9.17) is 4.98 Å². The van der Waals surface area contributed by atoms with Crippen LogP contribution in [-0.4, -0.2) is 37.1 Å². The van der Waals surface area contributed by atoms with Gasteiger partial charge in [0, 0.05) is 5.69 Å². The van der Waals surface area contributed by atoms with Gasteiger partial charge in [0.1, 0.15) is 10.8 Å². The van der Waals surface area contributed by atoms with Crippen LogP contribution in [-0.2, 0) is 4.79 Å². The number of hydrogen-bond donors (Lipinski definition) is 2. The molecule has 2 N–H and O–H groups in total. The average molecular weight is 418 g/mol. The maximum absolute atomic E-state index is 12.4. The van der Waals surface area contributed by atoms with Gasteiger partial charge in [-0.1, -0.05) is 12.1 Å². The smallest absolute Gasteiger partial charge is 0.387 e. The van der Waals surface area contributed by atoms with Gasteiger partial charge in [-0.2, -0.15) is 8.78 Å². The number of carbonyl (C=O) groups excluding carboxylic acids is 1. The molecule has 0 saturated carbocycles. The molecule has 2 atom stereocenters. The van der Waals surface area contributed by atoms with Crippen molar-refractivity contribution in [2.75, 3.05) is 25.0 Å². The molecule has 2 aromatic carbocycles. The van der Waals surface area contributed by atoms with Crippen LogP contribution in [0.5, 0.6) is 5.75 Å². The van der Waals surface area contributed by atoms with Gasteiger partial charge in [0.15, 0.2) is 6.54 Å². The largest absolute Gasteiger partial charge is 0.435 e. The molecular weight excluding hydrogens is 396 g/mol. The summed E-state index contributed by atoms with van der Waals surface area (Å²) >= 11 is 1.74. The summed E-state index contributed by atoms with van der Waals surface area (Å²) in [5.74, 6) is 0.348. The van der Waals surface area contributed by atoms with Gasteiger partial charge < -0.3 is 15.0 Å². The van der Waals surface area contributed by atoms with Crippen molar-refractivity contribution in [2.24, 2.45) is 0 Å². The summed E-state index contributed by atoms with van der Waals surface area (Å²) in [6.07, 6.45) is 2.15. The zero-order valence-corrected chi connectivity index (χ0v) is 16.6. The van der Waals surface area contributed by atoms with Gasteiger partial charge in [-0.3, -0.25) is 4.79 Å². The molecule has 1 saturated heterocycles. The molecule has 1 aliphatic rings. The number of piperidine rings is 1. The molecule has 1 unspecified atom stereocenters. The quantitative estimate of drug-likeness (QED) is 0.646. The SMILES string of the molecule is O=C(C[NH+]1CCC[C@@H](c2nc3ccccc3s2)C1)Nc1ccc(OC(F)F)cc1. The average Bonchev–Trinajstić information content (AvgIpc) is 3.14. The van der Waals surface area contributed by atoms with Crippen molar-refractivity contribution in [3.05, 3.63) is 53.5 Å². The number of aromatic nitrogens is 1. The number of para-hydroxylation sites is 1. The molecule has 1 aromatic heterocycles. The van der Waals surface area contributed by atoms with Gasteiger partial charge in [-0.05, 0) is 49.2 Å². The molecule has 1 fully saturated rings. The Bertz CT molecular complexity index is 944. The maximum Gasteiger partial charge on any atom is 0.387 e. The number of nitrogens with one attached hydrogen (secondary N) is 2. The van der Waals surface area contributed by atoms with Gasteiger partial charge in [0.2, 0.25) is 0 Å². The molecule has 5 nitrogen and oxygen atoms in total. The number of thiazole rings is 1. The van der Waals surface area contributed by atoms with E-state index >= 15 is 0 Å². The number of benzene rings is 2. The number of fused-ring (bicyclic) bond motifs is 1. The Labute approximate surface area is 171 Å². The molecule has 8 heteroatoms. The van der Waals surface area contributed by atoms with E-state index in [1.54, 1.807) is 23.5 Å². The topological polar surface area (TPSA) is 55.7 Å². The predicted octanol–water partition coefficient (Wildman–Crippen LogP) is 3.30. The van der Waals surface area contributed by atoms with Crippen molar-refractivity contribution in [3.63, 3.8) is 0 Å². The highest BCUT2D eigenvalue weighted by Gasteiger charge is 2.28. The van der Waals surface area contributed by atoms with Gasteiger partial charge in [-0.25, -0.2) is 4.98 Å². The van der Waals surface area contributed by atoms with E-state index in [0.717, 1.165) is 36.5 Å². The van der Waals surface area contributed by atoms with Crippen LogP contribution in [0.15, 0.2) is 48.5 Å². The van der Waals surface area contributed by atoms with Crippen LogP contribution in [0.1, 0.15) is 23.8 Å². The lowest BCUT2D eigenvalue weighted by molar-refractivity contribution is -0.898. The fourth-order valence-corrected chi connectivity index (χ4v) is 4.84. The van der Waals surface area contributed by atoms with E-state index < -0.39 is 6.61 Å². The second-order valence-corrected chi connectivity index (χ2v) is 8.25. The first-order valence-corrected chi connectivity index (χ1v) is 10.4. The molecule has 2 heterocycles. The number of alkyl halides is 2. The van der Waals surface area contributed by atoms with E-state index in [0.29, 0.717) is 18.2 Å². The monoisotopic (exact) mass is 418 g/mol. The summed E-state index contributed by atoms with van der Waals surface area (Å²) in [4.78, 5) is 18.4. The van der Waals surface area contributed by atoms with Gasteiger partial charge in [0.25, 0.3) is 5.91 Å². The highest BCUT2D eigenvalue weighted by molar-refractivity contribution is 7.18. The minimum absolute atomic E-state index is 0.0679. The Morgan fingerprint density at radius 3 is 2.79 bits per heavy atom. The maximum atomic E-state index is 12.4. The fraction of sp³-hybridized carbons (Fsp3) is 0.333. The summed E-state index contributed by atoms with van der Waals surface area (Å²) in [5, 5.41) is 3.98. The lowest BCUT2D eigenvalue weighted by Gasteiger charge is -2.28. The number of ether oxygens (including phenoxy) is 1. The Kier molecular flexibility index (Phi) is 6.01. The van der Waals surface area contributed by atoms with Crippen molar-refractivity contribution >= 4 is 33.1 Å². The van der Waals surface area contributed by atoms with Gasteiger partial charge in [0.05, 0.1) is 29.2 Å². The first-order valence-electron chi connectivity index (χ1n) is 9.60. The van der Waals surface area contributed by atoms with Gasteiger partial charge in [-0.15, -0.1) is 11.3 Å². The Balaban J connectivity index is 1.33. The highest BCUT2D eigenvalue weighted by Crippen LogP contribution is 2.30. The van der Waals surface area contributed by atoms with Crippen LogP contribution in [0.25, 0.3) is 10.2 Å². The zero-order chi connectivity index (χ0) is 20.2. The molecule has 152 valence electrons. The van der Waals surface area contributed by atoms with E-state index in [2.05, 4.69) is 16.1 Å². The molecule has 1 aliphatic heterocycles. The Morgan fingerprint density at radius 2 is 2.03 bits per heavy atom. The number of hydrogen-bond acceptors (Lipinski definition) is 4. The van der Waals surface area contributed by atoms with Crippen LogP contribution < -0.4 is 15.0 Å². The molecule has 4 rings (SSSR count). The standard InChI is InChI=1S/C21H21F2N3O2S/c22-21(23)28-16-9-7-15(8-10-16)24-19(27)13-26-11-3-4-14(12-26)20-25-17-5-1-2-6-18(17)29-20/h1-2,5-10,14,21H,3-4,11-13H2,(H,24,27)/p+1/t14-/m1/s1. The Morgan fingerprint density at radius 1 is 1.24 bits per heavy atom. The number of anilines is 1. The molecule has 0 bridgehead atoms. The minimum atomic E-state index is -2.86. The summed E-state index contributed by atoms with van der Waals surface area (Å²) in [6.45, 7) is -0.650. The number of carbonyl (C=O) groups is 1. The van der Waals surface area contributed by atoms with Crippen LogP contribution in [0.2, 0.25) is 0 Å². The highest BCUT2D eigenvalue weighted by atomic mass is 32.1. The molecule has 0 radical (unpaired) electrons. The van der Waals surface area contributed by atoms with Crippen LogP contribution >= 0.6 is 11.3 Å². The van der Waals surface area contributed by atoms with Crippen molar-refractivity contribution < 1.29 is 23.2 Å². The number of amides is 1. The normalized spacial score (nSPS) is 19.4. The second kappa shape index (κ2) is 8.84. The van der Waals surface area contributed by atoms with Crippen LogP contribution in [0.3, 0.4) is 0 Å². The molecule has 1 amide bonds. The summed E-state index contributed by atoms with van der Waals surface area (Å²) in [5.41, 5.74) is 1.60. The van der Waals surface area contributed by atoms with Crippen LogP contribution in [0.4, 0.5) is 14.5 Å². The van der Waals surface area contributed by atoms with Crippen molar-refractivity contribution in [1.82, 2.24) is 4.98 Å². The molecule has 0 aliphatic carbocycles. The lowest BCUT2D eigenvalue weighted by Crippen LogP contribution is -3.14. The first-order chi connectivity index (χ1) is 14.1. The lowest BCUT2D eigenvalue weighted by atomic mass is 9.99. The fourth-order valence-electron chi connectivity index (χ4n) is 3.74. The van der Waals surface area contributed by atoms with E-state index in [1.165, 1.54) is 21.7 Å². The first kappa shape index (κ1) is 19.7. The molecule has 3 aromatic rings. The second-order valence-electron chi connectivity index (χ2n) is 7.19. The predicted molar refractivity (Wildman–Crippen MR) is 109 cm³/mol. The molecule has 29 heavy (non-hydrogen) atoms. The zero-order valence-electron chi connectivity index (χ0n) is 15.7. The van der Waals surface area contributed by atoms with Crippen LogP contribution in [0, 0.1) is 0 Å². The molecular formula is C21H22F2N3O2S+. The number of halogens is 2. The van der Waals surface area contributed by atoms with Gasteiger partial charge >= 0.3 is 6.61 Å². The summed E-state index contributed by atoms with van der Waals surface area (Å²) in [7, 11) is 0. The third-order valence-electron chi connectivity index (χ3n) is 5.05. The van der Waals surface area contributed by atoms with Crippen molar-refractivity contribution in [2.45, 2.75) is 25.4 Å². The number of rotatable bonds is 6. The summed E-state index contributed by atoms with van der Waals surface area (Å²) < 4.78 is 29.9. The van der Waals surface area contributed by atoms with E-state index in [9.17, 15) is 13.6 Å². The number of nitrogens with zero attached hydrogens (tertiary/aromatic N) is 1.